The Balaban J connectivity index is 1.81. The number of benzene rings is 2. The van der Waals surface area contributed by atoms with Crippen LogP contribution in [0.25, 0.3) is 5.69 Å². The maximum atomic E-state index is 13.0. The SMILES string of the molecule is Cc1cc(C(=O)COc2ccc(C(N)=O)cc2)c(C)n1-c1cccc(C(F)(F)F)c1. The fourth-order valence-electron chi connectivity index (χ4n) is 3.21. The average molecular weight is 416 g/mol. The van der Waals surface area contributed by atoms with E-state index in [1.54, 1.807) is 30.5 Å². The second-order valence-corrected chi connectivity index (χ2v) is 6.77. The number of alkyl halides is 3. The number of ketones is 1. The summed E-state index contributed by atoms with van der Waals surface area (Å²) in [5.41, 5.74) is 6.56. The van der Waals surface area contributed by atoms with Crippen molar-refractivity contribution in [2.24, 2.45) is 5.73 Å². The van der Waals surface area contributed by atoms with Gasteiger partial charge < -0.3 is 15.0 Å². The molecule has 3 aromatic rings. The van der Waals surface area contributed by atoms with Crippen LogP contribution in [-0.4, -0.2) is 22.9 Å². The van der Waals surface area contributed by atoms with E-state index < -0.39 is 17.6 Å². The number of primary amides is 1. The quantitative estimate of drug-likeness (QED) is 0.603. The van der Waals surface area contributed by atoms with E-state index in [1.165, 1.54) is 30.3 Å². The molecule has 0 saturated heterocycles. The molecule has 0 aliphatic carbocycles. The van der Waals surface area contributed by atoms with Crippen molar-refractivity contribution in [1.29, 1.82) is 0 Å². The molecule has 0 aliphatic rings. The zero-order valence-electron chi connectivity index (χ0n) is 16.3. The minimum absolute atomic E-state index is 0.261. The monoisotopic (exact) mass is 416 g/mol. The van der Waals surface area contributed by atoms with Crippen LogP contribution in [0.2, 0.25) is 0 Å². The van der Waals surface area contributed by atoms with E-state index in [1.807, 2.05) is 0 Å². The van der Waals surface area contributed by atoms with Crippen LogP contribution in [0, 0.1) is 13.8 Å². The van der Waals surface area contributed by atoms with Gasteiger partial charge in [-0.05, 0) is 62.4 Å². The molecule has 5 nitrogen and oxygen atoms in total. The van der Waals surface area contributed by atoms with Crippen molar-refractivity contribution in [2.75, 3.05) is 6.61 Å². The van der Waals surface area contributed by atoms with Gasteiger partial charge in [-0.2, -0.15) is 13.2 Å². The summed E-state index contributed by atoms with van der Waals surface area (Å²) in [6.07, 6.45) is -4.46. The highest BCUT2D eigenvalue weighted by Gasteiger charge is 2.30. The number of rotatable bonds is 6. The number of carbonyl (C=O) groups is 2. The maximum Gasteiger partial charge on any atom is 0.416 e. The number of nitrogens with zero attached hydrogens (tertiary/aromatic N) is 1. The van der Waals surface area contributed by atoms with E-state index >= 15 is 0 Å². The van der Waals surface area contributed by atoms with Crippen molar-refractivity contribution in [2.45, 2.75) is 20.0 Å². The summed E-state index contributed by atoms with van der Waals surface area (Å²) >= 11 is 0. The molecular formula is C22H19F3N2O3. The fraction of sp³-hybridized carbons (Fsp3) is 0.182. The van der Waals surface area contributed by atoms with Crippen LogP contribution in [-0.2, 0) is 6.18 Å². The Bertz CT molecular complexity index is 1100. The Morgan fingerprint density at radius 1 is 1.03 bits per heavy atom. The predicted molar refractivity (Wildman–Crippen MR) is 105 cm³/mol. The Labute approximate surface area is 170 Å². The van der Waals surface area contributed by atoms with E-state index in [4.69, 9.17) is 10.5 Å². The molecule has 0 spiro atoms. The highest BCUT2D eigenvalue weighted by molar-refractivity contribution is 5.99. The summed E-state index contributed by atoms with van der Waals surface area (Å²) in [5.74, 6) is -0.500. The van der Waals surface area contributed by atoms with Gasteiger partial charge in [0.05, 0.1) is 5.56 Å². The molecule has 0 bridgehead atoms. The second kappa shape index (κ2) is 8.06. The summed E-state index contributed by atoms with van der Waals surface area (Å²) in [7, 11) is 0. The smallest absolute Gasteiger partial charge is 0.416 e. The first kappa shape index (κ1) is 21.2. The van der Waals surface area contributed by atoms with Gasteiger partial charge in [0.1, 0.15) is 5.75 Å². The lowest BCUT2D eigenvalue weighted by molar-refractivity contribution is -0.137. The number of halogens is 3. The maximum absolute atomic E-state index is 13.0. The third-order valence-corrected chi connectivity index (χ3v) is 4.67. The Hall–Kier alpha value is -3.55. The Morgan fingerprint density at radius 2 is 1.70 bits per heavy atom. The summed E-state index contributed by atoms with van der Waals surface area (Å²) < 4.78 is 46.2. The average Bonchev–Trinajstić information content (AvgIpc) is 3.00. The molecule has 0 aliphatic heterocycles. The largest absolute Gasteiger partial charge is 0.485 e. The highest BCUT2D eigenvalue weighted by Crippen LogP contribution is 2.31. The number of Topliss-reactive ketones (excluding diaryl/α,β-unsaturated/α-hetero) is 1. The highest BCUT2D eigenvalue weighted by atomic mass is 19.4. The van der Waals surface area contributed by atoms with E-state index in [2.05, 4.69) is 0 Å². The van der Waals surface area contributed by atoms with Gasteiger partial charge in [-0.1, -0.05) is 6.07 Å². The minimum atomic E-state index is -4.46. The summed E-state index contributed by atoms with van der Waals surface area (Å²) in [6, 6.07) is 12.6. The van der Waals surface area contributed by atoms with E-state index in [-0.39, 0.29) is 12.4 Å². The van der Waals surface area contributed by atoms with Crippen LogP contribution in [0.3, 0.4) is 0 Å². The van der Waals surface area contributed by atoms with Gasteiger partial charge in [0.25, 0.3) is 0 Å². The third-order valence-electron chi connectivity index (χ3n) is 4.67. The van der Waals surface area contributed by atoms with Crippen molar-refractivity contribution < 1.29 is 27.5 Å². The van der Waals surface area contributed by atoms with Crippen molar-refractivity contribution in [3.8, 4) is 11.4 Å². The van der Waals surface area contributed by atoms with Gasteiger partial charge in [-0.3, -0.25) is 9.59 Å². The fourth-order valence-corrected chi connectivity index (χ4v) is 3.21. The molecule has 0 unspecified atom stereocenters. The molecular weight excluding hydrogens is 397 g/mol. The number of hydrogen-bond acceptors (Lipinski definition) is 3. The van der Waals surface area contributed by atoms with Gasteiger partial charge in [-0.25, -0.2) is 0 Å². The van der Waals surface area contributed by atoms with Gasteiger partial charge in [0, 0.05) is 28.2 Å². The van der Waals surface area contributed by atoms with Crippen LogP contribution in [0.15, 0.2) is 54.6 Å². The molecule has 30 heavy (non-hydrogen) atoms. The van der Waals surface area contributed by atoms with E-state index in [0.29, 0.717) is 34.0 Å². The lowest BCUT2D eigenvalue weighted by Crippen LogP contribution is -2.13. The first-order valence-electron chi connectivity index (χ1n) is 9.00. The summed E-state index contributed by atoms with van der Waals surface area (Å²) in [6.45, 7) is 3.12. The number of hydrogen-bond donors (Lipinski definition) is 1. The normalized spacial score (nSPS) is 11.4. The number of amides is 1. The zero-order chi connectivity index (χ0) is 22.1. The molecule has 0 saturated carbocycles. The standard InChI is InChI=1S/C22H19F3N2O3/c1-13-10-19(20(28)12-30-18-8-6-15(7-9-18)21(26)29)14(2)27(13)17-5-3-4-16(11-17)22(23,24)25/h3-11H,12H2,1-2H3,(H2,26,29). The number of ether oxygens (including phenoxy) is 1. The number of carbonyl (C=O) groups excluding carboxylic acids is 2. The van der Waals surface area contributed by atoms with Crippen molar-refractivity contribution in [3.63, 3.8) is 0 Å². The zero-order valence-corrected chi connectivity index (χ0v) is 16.3. The topological polar surface area (TPSA) is 74.3 Å². The molecule has 1 heterocycles. The lowest BCUT2D eigenvalue weighted by atomic mass is 10.1. The van der Waals surface area contributed by atoms with Crippen molar-refractivity contribution in [1.82, 2.24) is 4.57 Å². The predicted octanol–water partition coefficient (Wildman–Crippen LogP) is 4.47. The van der Waals surface area contributed by atoms with Crippen molar-refractivity contribution in [3.05, 3.63) is 82.7 Å². The first-order chi connectivity index (χ1) is 14.1. The van der Waals surface area contributed by atoms with Crippen LogP contribution in [0.4, 0.5) is 13.2 Å². The molecule has 2 aromatic carbocycles. The van der Waals surface area contributed by atoms with Crippen LogP contribution in [0.1, 0.15) is 37.7 Å². The lowest BCUT2D eigenvalue weighted by Gasteiger charge is -2.13. The third kappa shape index (κ3) is 4.37. The summed E-state index contributed by atoms with van der Waals surface area (Å²) in [5, 5.41) is 0. The first-order valence-corrected chi connectivity index (χ1v) is 9.00. The molecule has 3 rings (SSSR count). The van der Waals surface area contributed by atoms with Gasteiger partial charge in [0.15, 0.2) is 6.61 Å². The van der Waals surface area contributed by atoms with E-state index in [0.717, 1.165) is 12.1 Å². The van der Waals surface area contributed by atoms with Crippen LogP contribution in [0.5, 0.6) is 5.75 Å². The molecule has 0 radical (unpaired) electrons. The Kier molecular flexibility index (Phi) is 5.69. The number of aryl methyl sites for hydroxylation is 1. The molecule has 8 heteroatoms. The van der Waals surface area contributed by atoms with E-state index in [9.17, 15) is 22.8 Å². The number of nitrogens with two attached hydrogens (primary N) is 1. The molecule has 0 atom stereocenters. The molecule has 2 N–H and O–H groups in total. The van der Waals surface area contributed by atoms with Crippen LogP contribution < -0.4 is 10.5 Å². The molecule has 156 valence electrons. The van der Waals surface area contributed by atoms with Gasteiger partial charge in [0.2, 0.25) is 11.7 Å². The molecule has 1 aromatic heterocycles. The summed E-state index contributed by atoms with van der Waals surface area (Å²) in [4.78, 5) is 23.7. The minimum Gasteiger partial charge on any atom is -0.485 e. The van der Waals surface area contributed by atoms with Gasteiger partial charge >= 0.3 is 6.18 Å². The number of aromatic nitrogens is 1. The van der Waals surface area contributed by atoms with Gasteiger partial charge in [-0.15, -0.1) is 0 Å². The van der Waals surface area contributed by atoms with Crippen LogP contribution >= 0.6 is 0 Å². The molecule has 1 amide bonds. The second-order valence-electron chi connectivity index (χ2n) is 6.77. The molecule has 0 fully saturated rings. The van der Waals surface area contributed by atoms with Crippen molar-refractivity contribution >= 4 is 11.7 Å². The Morgan fingerprint density at radius 3 is 2.30 bits per heavy atom.